The van der Waals surface area contributed by atoms with Crippen molar-refractivity contribution < 1.29 is 9.18 Å². The summed E-state index contributed by atoms with van der Waals surface area (Å²) in [7, 11) is 0. The molecule has 0 saturated carbocycles. The van der Waals surface area contributed by atoms with Gasteiger partial charge in [-0.1, -0.05) is 6.42 Å². The van der Waals surface area contributed by atoms with Gasteiger partial charge < -0.3 is 10.2 Å². The molecule has 0 spiro atoms. The van der Waals surface area contributed by atoms with E-state index in [1.165, 1.54) is 44.5 Å². The Kier molecular flexibility index (Phi) is 9.72. The Balaban J connectivity index is 0.00000156. The Hall–Kier alpha value is -0.880. The average molecular weight is 392 g/mol. The zero-order chi connectivity index (χ0) is 16.1. The molecule has 2 saturated heterocycles. The summed E-state index contributed by atoms with van der Waals surface area (Å²) in [6.45, 7) is 5.70. The average Bonchev–Trinajstić information content (AvgIpc) is 2.57. The quantitative estimate of drug-likeness (QED) is 0.833. The van der Waals surface area contributed by atoms with E-state index >= 15 is 0 Å². The van der Waals surface area contributed by atoms with E-state index < -0.39 is 0 Å². The number of rotatable bonds is 5. The minimum Gasteiger partial charge on any atom is -0.326 e. The molecule has 25 heavy (non-hydrogen) atoms. The molecule has 0 aromatic heterocycles. The lowest BCUT2D eigenvalue weighted by Gasteiger charge is -2.44. The van der Waals surface area contributed by atoms with Crippen molar-refractivity contribution >= 4 is 36.4 Å². The monoisotopic (exact) mass is 391 g/mol. The first-order chi connectivity index (χ1) is 11.2. The molecule has 1 atom stereocenters. The van der Waals surface area contributed by atoms with Gasteiger partial charge >= 0.3 is 0 Å². The number of carbonyl (C=O) groups excluding carboxylic acids is 1. The summed E-state index contributed by atoms with van der Waals surface area (Å²) >= 11 is 0. The van der Waals surface area contributed by atoms with Crippen molar-refractivity contribution in [1.82, 2.24) is 9.80 Å². The summed E-state index contributed by atoms with van der Waals surface area (Å²) in [5, 5.41) is 2.82. The summed E-state index contributed by atoms with van der Waals surface area (Å²) in [5.74, 6) is -0.280. The van der Waals surface area contributed by atoms with Crippen molar-refractivity contribution in [3.05, 3.63) is 30.1 Å². The van der Waals surface area contributed by atoms with Gasteiger partial charge in [-0.15, -0.1) is 24.8 Å². The molecule has 1 N–H and O–H groups in total. The lowest BCUT2D eigenvalue weighted by molar-refractivity contribution is -0.116. The summed E-state index contributed by atoms with van der Waals surface area (Å²) in [4.78, 5) is 17.1. The van der Waals surface area contributed by atoms with Crippen LogP contribution in [0.4, 0.5) is 10.1 Å². The minimum absolute atomic E-state index is 0. The smallest absolute Gasteiger partial charge is 0.224 e. The molecule has 2 heterocycles. The van der Waals surface area contributed by atoms with Crippen molar-refractivity contribution in [2.24, 2.45) is 0 Å². The zero-order valence-corrected chi connectivity index (χ0v) is 16.1. The number of amides is 1. The standard InChI is InChI=1S/C18H26FN3O.2ClH/c19-15-6-8-16(9-7-15)20-18(23)5-3-10-21-12-13-22-11-2-1-4-17(22)14-21;;/h6-9,17H,1-5,10-14H2,(H,20,23);2*1H. The van der Waals surface area contributed by atoms with Crippen LogP contribution in [-0.2, 0) is 4.79 Å². The highest BCUT2D eigenvalue weighted by molar-refractivity contribution is 5.90. The van der Waals surface area contributed by atoms with Crippen molar-refractivity contribution in [1.29, 1.82) is 0 Å². The molecular formula is C18H28Cl2FN3O. The normalized spacial score (nSPS) is 20.8. The van der Waals surface area contributed by atoms with Gasteiger partial charge in [0.2, 0.25) is 5.91 Å². The molecule has 1 aromatic rings. The first-order valence-electron chi connectivity index (χ1n) is 8.72. The number of hydrogen-bond acceptors (Lipinski definition) is 3. The molecule has 1 aromatic carbocycles. The second-order valence-electron chi connectivity index (χ2n) is 6.64. The molecule has 2 fully saturated rings. The number of fused-ring (bicyclic) bond motifs is 1. The Morgan fingerprint density at radius 3 is 2.64 bits per heavy atom. The van der Waals surface area contributed by atoms with E-state index in [2.05, 4.69) is 15.1 Å². The summed E-state index contributed by atoms with van der Waals surface area (Å²) < 4.78 is 12.8. The van der Waals surface area contributed by atoms with Gasteiger partial charge in [0, 0.05) is 37.8 Å². The van der Waals surface area contributed by atoms with E-state index in [1.54, 1.807) is 12.1 Å². The minimum atomic E-state index is -0.287. The lowest BCUT2D eigenvalue weighted by Crippen LogP contribution is -2.54. The number of nitrogens with one attached hydrogen (secondary N) is 1. The van der Waals surface area contributed by atoms with E-state index in [9.17, 15) is 9.18 Å². The van der Waals surface area contributed by atoms with Gasteiger partial charge in [-0.3, -0.25) is 9.69 Å². The highest BCUT2D eigenvalue weighted by Gasteiger charge is 2.28. The van der Waals surface area contributed by atoms with Crippen LogP contribution in [0.5, 0.6) is 0 Å². The highest BCUT2D eigenvalue weighted by Crippen LogP contribution is 2.21. The fraction of sp³-hybridized carbons (Fsp3) is 0.611. The molecule has 0 radical (unpaired) electrons. The van der Waals surface area contributed by atoms with Crippen molar-refractivity contribution in [2.75, 3.05) is 38.0 Å². The van der Waals surface area contributed by atoms with E-state index in [1.807, 2.05) is 0 Å². The third-order valence-electron chi connectivity index (χ3n) is 4.93. The van der Waals surface area contributed by atoms with Crippen LogP contribution in [-0.4, -0.2) is 54.5 Å². The first-order valence-corrected chi connectivity index (χ1v) is 8.72. The first kappa shape index (κ1) is 22.2. The van der Waals surface area contributed by atoms with Crippen LogP contribution in [0.1, 0.15) is 32.1 Å². The second-order valence-corrected chi connectivity index (χ2v) is 6.64. The molecule has 142 valence electrons. The van der Waals surface area contributed by atoms with Gasteiger partial charge in [0.25, 0.3) is 0 Å². The fourth-order valence-electron chi connectivity index (χ4n) is 3.64. The van der Waals surface area contributed by atoms with Gasteiger partial charge in [-0.2, -0.15) is 0 Å². The number of carbonyl (C=O) groups is 1. The zero-order valence-electron chi connectivity index (χ0n) is 14.5. The van der Waals surface area contributed by atoms with E-state index in [4.69, 9.17) is 0 Å². The second kappa shape index (κ2) is 11.0. The predicted molar refractivity (Wildman–Crippen MR) is 104 cm³/mol. The van der Waals surface area contributed by atoms with Crippen LogP contribution in [0.25, 0.3) is 0 Å². The summed E-state index contributed by atoms with van der Waals surface area (Å²) in [6, 6.07) is 6.63. The van der Waals surface area contributed by atoms with Crippen LogP contribution in [0.3, 0.4) is 0 Å². The summed E-state index contributed by atoms with van der Waals surface area (Å²) in [5.41, 5.74) is 0.659. The van der Waals surface area contributed by atoms with Crippen LogP contribution in [0.2, 0.25) is 0 Å². The molecule has 2 aliphatic heterocycles. The highest BCUT2D eigenvalue weighted by atomic mass is 35.5. The Bertz CT molecular complexity index is 530. The molecule has 4 nitrogen and oxygen atoms in total. The maximum Gasteiger partial charge on any atom is 0.224 e. The van der Waals surface area contributed by atoms with Crippen LogP contribution in [0, 0.1) is 5.82 Å². The van der Waals surface area contributed by atoms with Gasteiger partial charge in [0.15, 0.2) is 0 Å². The molecular weight excluding hydrogens is 364 g/mol. The SMILES string of the molecule is Cl.Cl.O=C(CCCN1CCN2CCCCC2C1)Nc1ccc(F)cc1. The van der Waals surface area contributed by atoms with Crippen LogP contribution >= 0.6 is 24.8 Å². The molecule has 7 heteroatoms. The molecule has 0 bridgehead atoms. The molecule has 1 unspecified atom stereocenters. The van der Waals surface area contributed by atoms with Crippen LogP contribution < -0.4 is 5.32 Å². The number of piperidine rings is 1. The van der Waals surface area contributed by atoms with E-state index in [0.717, 1.165) is 32.1 Å². The Morgan fingerprint density at radius 1 is 1.12 bits per heavy atom. The number of anilines is 1. The van der Waals surface area contributed by atoms with Gasteiger partial charge in [-0.05, 0) is 56.6 Å². The largest absolute Gasteiger partial charge is 0.326 e. The lowest BCUT2D eigenvalue weighted by atomic mass is 9.99. The predicted octanol–water partition coefficient (Wildman–Crippen LogP) is 3.56. The van der Waals surface area contributed by atoms with Crippen LogP contribution in [0.15, 0.2) is 24.3 Å². The van der Waals surface area contributed by atoms with Gasteiger partial charge in [0.1, 0.15) is 5.82 Å². The van der Waals surface area contributed by atoms with Crippen molar-refractivity contribution in [3.8, 4) is 0 Å². The molecule has 0 aliphatic carbocycles. The third kappa shape index (κ3) is 6.74. The summed E-state index contributed by atoms with van der Waals surface area (Å²) in [6.07, 6.45) is 5.42. The third-order valence-corrected chi connectivity index (χ3v) is 4.93. The Labute approximate surface area is 162 Å². The van der Waals surface area contributed by atoms with Gasteiger partial charge in [0.05, 0.1) is 0 Å². The molecule has 1 amide bonds. The maximum atomic E-state index is 12.8. The number of halogens is 3. The molecule has 3 rings (SSSR count). The Morgan fingerprint density at radius 2 is 1.88 bits per heavy atom. The number of piperazine rings is 1. The fourth-order valence-corrected chi connectivity index (χ4v) is 3.64. The van der Waals surface area contributed by atoms with E-state index in [0.29, 0.717) is 12.1 Å². The van der Waals surface area contributed by atoms with Crippen molar-refractivity contribution in [3.63, 3.8) is 0 Å². The van der Waals surface area contributed by atoms with Crippen molar-refractivity contribution in [2.45, 2.75) is 38.1 Å². The topological polar surface area (TPSA) is 35.6 Å². The van der Waals surface area contributed by atoms with E-state index in [-0.39, 0.29) is 36.5 Å². The van der Waals surface area contributed by atoms with Gasteiger partial charge in [-0.25, -0.2) is 4.39 Å². The number of hydrogen-bond donors (Lipinski definition) is 1. The maximum absolute atomic E-state index is 12.8. The molecule has 2 aliphatic rings. The number of benzene rings is 1. The number of nitrogens with zero attached hydrogens (tertiary/aromatic N) is 2.